The van der Waals surface area contributed by atoms with E-state index in [0.29, 0.717) is 11.3 Å². The third-order valence-electron chi connectivity index (χ3n) is 3.99. The molecule has 0 aliphatic heterocycles. The molecule has 0 amide bonds. The molecule has 26 heavy (non-hydrogen) atoms. The zero-order valence-corrected chi connectivity index (χ0v) is 14.1. The van der Waals surface area contributed by atoms with Gasteiger partial charge >= 0.3 is 0 Å². The van der Waals surface area contributed by atoms with Gasteiger partial charge in [-0.25, -0.2) is 4.98 Å². The van der Waals surface area contributed by atoms with E-state index in [9.17, 15) is 4.79 Å². The maximum Gasteiger partial charge on any atom is 0.273 e. The van der Waals surface area contributed by atoms with Crippen molar-refractivity contribution < 1.29 is 4.74 Å². The summed E-state index contributed by atoms with van der Waals surface area (Å²) < 4.78 is 8.47. The third kappa shape index (κ3) is 3.00. The molecular formula is C20H16N4O2. The van der Waals surface area contributed by atoms with Crippen LogP contribution in [0.4, 0.5) is 0 Å². The number of methoxy groups -OCH3 is 1. The molecule has 0 saturated heterocycles. The van der Waals surface area contributed by atoms with Gasteiger partial charge in [-0.15, -0.1) is 0 Å². The van der Waals surface area contributed by atoms with Crippen LogP contribution >= 0.6 is 0 Å². The van der Waals surface area contributed by atoms with Gasteiger partial charge in [-0.2, -0.15) is 4.52 Å². The average molecular weight is 344 g/mol. The van der Waals surface area contributed by atoms with Crippen LogP contribution in [0.2, 0.25) is 0 Å². The van der Waals surface area contributed by atoms with Gasteiger partial charge in [-0.05, 0) is 42.0 Å². The highest BCUT2D eigenvalue weighted by atomic mass is 16.5. The molecule has 4 rings (SSSR count). The maximum absolute atomic E-state index is 12.6. The second-order valence-corrected chi connectivity index (χ2v) is 5.67. The molecule has 4 aromatic rings. The minimum Gasteiger partial charge on any atom is -0.497 e. The largest absolute Gasteiger partial charge is 0.497 e. The van der Waals surface area contributed by atoms with Crippen molar-refractivity contribution in [2.45, 2.75) is 0 Å². The molecule has 0 aliphatic rings. The topological polar surface area (TPSA) is 61.4 Å². The predicted octanol–water partition coefficient (Wildman–Crippen LogP) is 3.06. The van der Waals surface area contributed by atoms with E-state index in [0.717, 1.165) is 17.0 Å². The van der Waals surface area contributed by atoms with E-state index in [4.69, 9.17) is 4.74 Å². The average Bonchev–Trinajstić information content (AvgIpc) is 3.12. The summed E-state index contributed by atoms with van der Waals surface area (Å²) in [6.07, 6.45) is 8.98. The first-order chi connectivity index (χ1) is 12.7. The lowest BCUT2D eigenvalue weighted by molar-refractivity contribution is 0.414. The monoisotopic (exact) mass is 344 g/mol. The minimum absolute atomic E-state index is 0.151. The predicted molar refractivity (Wildman–Crippen MR) is 101 cm³/mol. The van der Waals surface area contributed by atoms with Crippen molar-refractivity contribution in [3.05, 3.63) is 88.7 Å². The van der Waals surface area contributed by atoms with E-state index in [1.54, 1.807) is 24.2 Å². The molecule has 0 spiro atoms. The first kappa shape index (κ1) is 15.8. The molecular weight excluding hydrogens is 328 g/mol. The highest BCUT2D eigenvalue weighted by Crippen LogP contribution is 2.15. The lowest BCUT2D eigenvalue weighted by Gasteiger charge is -2.07. The van der Waals surface area contributed by atoms with Crippen molar-refractivity contribution in [2.24, 2.45) is 0 Å². The van der Waals surface area contributed by atoms with Gasteiger partial charge in [-0.1, -0.05) is 12.1 Å². The number of hydrogen-bond acceptors (Lipinski definition) is 4. The standard InChI is InChI=1S/C20H16N4O2/c1-26-18-8-6-17(7-9-18)23-12-10-19-22-16(13-20(25)24(19)23)5-4-15-3-2-11-21-14-15/h2-14H,1H3/b5-4+. The summed E-state index contributed by atoms with van der Waals surface area (Å²) >= 11 is 0. The summed E-state index contributed by atoms with van der Waals surface area (Å²) in [4.78, 5) is 21.2. The van der Waals surface area contributed by atoms with Crippen LogP contribution in [0.15, 0.2) is 71.9 Å². The van der Waals surface area contributed by atoms with Crippen molar-refractivity contribution in [2.75, 3.05) is 7.11 Å². The van der Waals surface area contributed by atoms with Gasteiger partial charge < -0.3 is 4.74 Å². The van der Waals surface area contributed by atoms with E-state index < -0.39 is 0 Å². The lowest BCUT2D eigenvalue weighted by atomic mass is 10.2. The molecule has 0 radical (unpaired) electrons. The summed E-state index contributed by atoms with van der Waals surface area (Å²) in [6.45, 7) is 0. The lowest BCUT2D eigenvalue weighted by Crippen LogP contribution is -2.19. The molecule has 3 heterocycles. The maximum atomic E-state index is 12.6. The van der Waals surface area contributed by atoms with Crippen LogP contribution in [-0.4, -0.2) is 26.3 Å². The minimum atomic E-state index is -0.151. The van der Waals surface area contributed by atoms with Crippen LogP contribution in [0, 0.1) is 0 Å². The van der Waals surface area contributed by atoms with Crippen molar-refractivity contribution in [1.82, 2.24) is 19.2 Å². The Morgan fingerprint density at radius 3 is 2.65 bits per heavy atom. The number of aromatic nitrogens is 4. The van der Waals surface area contributed by atoms with Gasteiger partial charge in [0.25, 0.3) is 5.56 Å². The summed E-state index contributed by atoms with van der Waals surface area (Å²) in [5.74, 6) is 0.763. The zero-order chi connectivity index (χ0) is 17.9. The molecule has 0 fully saturated rings. The van der Waals surface area contributed by atoms with Crippen molar-refractivity contribution in [1.29, 1.82) is 0 Å². The van der Waals surface area contributed by atoms with E-state index in [2.05, 4.69) is 9.97 Å². The summed E-state index contributed by atoms with van der Waals surface area (Å²) in [5, 5.41) is 0. The Morgan fingerprint density at radius 2 is 1.92 bits per heavy atom. The Balaban J connectivity index is 1.73. The molecule has 6 nitrogen and oxygen atoms in total. The van der Waals surface area contributed by atoms with Crippen LogP contribution in [0.5, 0.6) is 5.75 Å². The number of rotatable bonds is 4. The molecule has 0 N–H and O–H groups in total. The molecule has 0 saturated carbocycles. The molecule has 6 heteroatoms. The fourth-order valence-electron chi connectivity index (χ4n) is 2.72. The molecule has 0 bridgehead atoms. The summed E-state index contributed by atoms with van der Waals surface area (Å²) in [5.41, 5.74) is 2.83. The first-order valence-electron chi connectivity index (χ1n) is 8.08. The molecule has 0 aliphatic carbocycles. The number of hydrogen-bond donors (Lipinski definition) is 0. The van der Waals surface area contributed by atoms with E-state index in [1.807, 2.05) is 60.8 Å². The van der Waals surface area contributed by atoms with Gasteiger partial charge in [0.15, 0.2) is 5.65 Å². The third-order valence-corrected chi connectivity index (χ3v) is 3.99. The van der Waals surface area contributed by atoms with Crippen LogP contribution in [0.3, 0.4) is 0 Å². The van der Waals surface area contributed by atoms with Crippen LogP contribution in [0.1, 0.15) is 11.3 Å². The number of nitrogens with zero attached hydrogens (tertiary/aromatic N) is 4. The Labute approximate surface area is 149 Å². The van der Waals surface area contributed by atoms with Crippen molar-refractivity contribution >= 4 is 17.8 Å². The second-order valence-electron chi connectivity index (χ2n) is 5.67. The number of pyridine rings is 1. The molecule has 1 aromatic carbocycles. The molecule has 0 atom stereocenters. The Kier molecular flexibility index (Phi) is 4.07. The number of ether oxygens (including phenoxy) is 1. The van der Waals surface area contributed by atoms with Gasteiger partial charge in [0, 0.05) is 30.7 Å². The normalized spacial score (nSPS) is 11.3. The first-order valence-corrected chi connectivity index (χ1v) is 8.08. The zero-order valence-electron chi connectivity index (χ0n) is 14.1. The smallest absolute Gasteiger partial charge is 0.273 e. The van der Waals surface area contributed by atoms with Crippen LogP contribution in [0.25, 0.3) is 23.5 Å². The SMILES string of the molecule is COc1ccc(-n2ccc3nc(/C=C/c4cccnc4)cc(=O)n32)cc1. The van der Waals surface area contributed by atoms with Crippen molar-refractivity contribution in [3.63, 3.8) is 0 Å². The van der Waals surface area contributed by atoms with Gasteiger partial charge in [-0.3, -0.25) is 14.5 Å². The Bertz CT molecular complexity index is 1130. The fraction of sp³-hybridized carbons (Fsp3) is 0.0500. The second kappa shape index (κ2) is 6.68. The van der Waals surface area contributed by atoms with E-state index in [-0.39, 0.29) is 5.56 Å². The van der Waals surface area contributed by atoms with E-state index in [1.165, 1.54) is 10.6 Å². The number of fused-ring (bicyclic) bond motifs is 1. The van der Waals surface area contributed by atoms with Crippen molar-refractivity contribution in [3.8, 4) is 11.4 Å². The molecule has 128 valence electrons. The Hall–Kier alpha value is -3.67. The van der Waals surface area contributed by atoms with Gasteiger partial charge in [0.2, 0.25) is 0 Å². The summed E-state index contributed by atoms with van der Waals surface area (Å²) in [7, 11) is 1.62. The number of benzene rings is 1. The quantitative estimate of drug-likeness (QED) is 0.571. The van der Waals surface area contributed by atoms with Crippen LogP contribution < -0.4 is 10.3 Å². The highest BCUT2D eigenvalue weighted by Gasteiger charge is 2.07. The van der Waals surface area contributed by atoms with Gasteiger partial charge in [0.05, 0.1) is 18.5 Å². The highest BCUT2D eigenvalue weighted by molar-refractivity contribution is 5.68. The van der Waals surface area contributed by atoms with Crippen LogP contribution in [-0.2, 0) is 0 Å². The molecule has 0 unspecified atom stereocenters. The van der Waals surface area contributed by atoms with E-state index >= 15 is 0 Å². The Morgan fingerprint density at radius 1 is 1.08 bits per heavy atom. The molecule has 3 aromatic heterocycles. The van der Waals surface area contributed by atoms with Gasteiger partial charge in [0.1, 0.15) is 5.75 Å². The fourth-order valence-corrected chi connectivity index (χ4v) is 2.72. The summed E-state index contributed by atoms with van der Waals surface area (Å²) in [6, 6.07) is 14.6.